The van der Waals surface area contributed by atoms with Crippen molar-refractivity contribution in [3.63, 3.8) is 0 Å². The third-order valence-electron chi connectivity index (χ3n) is 3.30. The molecule has 3 aromatic heterocycles. The largest absolute Gasteiger partial charge is 0.465 e. The second kappa shape index (κ2) is 7.98. The van der Waals surface area contributed by atoms with Gasteiger partial charge in [-0.2, -0.15) is 0 Å². The first-order valence-electron chi connectivity index (χ1n) is 7.00. The maximum Gasteiger partial charge on any atom is 0.348 e. The van der Waals surface area contributed by atoms with Crippen LogP contribution >= 0.6 is 22.7 Å². The molecule has 3 rings (SSSR count). The minimum Gasteiger partial charge on any atom is -0.465 e. The number of aromatic amines is 1. The van der Waals surface area contributed by atoms with Crippen molar-refractivity contribution in [2.45, 2.75) is 20.3 Å². The molecule has 0 unspecified atom stereocenters. The van der Waals surface area contributed by atoms with Crippen molar-refractivity contribution < 1.29 is 14.3 Å². The van der Waals surface area contributed by atoms with Crippen molar-refractivity contribution in [2.24, 2.45) is 0 Å². The van der Waals surface area contributed by atoms with E-state index in [2.05, 4.69) is 14.7 Å². The van der Waals surface area contributed by atoms with Crippen LogP contribution in [0, 0.1) is 13.8 Å². The number of fused-ring (bicyclic) bond motifs is 1. The van der Waals surface area contributed by atoms with Crippen LogP contribution in [0.25, 0.3) is 10.2 Å². The fourth-order valence-electron chi connectivity index (χ4n) is 2.05. The number of carbonyl (C=O) groups excluding carboxylic acids is 2. The van der Waals surface area contributed by atoms with E-state index in [0.717, 1.165) is 28.5 Å². The highest BCUT2D eigenvalue weighted by Gasteiger charge is 2.15. The SMILES string of the molecule is COC(=O)c1scc(C)c1CC=O.Cc1csc2c(=O)[nH]cnc12. The summed E-state index contributed by atoms with van der Waals surface area (Å²) in [7, 11) is 1.34. The molecule has 3 heterocycles. The lowest BCUT2D eigenvalue weighted by atomic mass is 10.1. The minimum absolute atomic E-state index is 0.0481. The molecule has 0 aliphatic carbocycles. The van der Waals surface area contributed by atoms with Crippen molar-refractivity contribution in [3.05, 3.63) is 49.0 Å². The van der Waals surface area contributed by atoms with Gasteiger partial charge in [0.1, 0.15) is 15.9 Å². The van der Waals surface area contributed by atoms with Gasteiger partial charge in [-0.05, 0) is 41.3 Å². The van der Waals surface area contributed by atoms with Gasteiger partial charge in [0.05, 0.1) is 19.0 Å². The third kappa shape index (κ3) is 3.77. The lowest BCUT2D eigenvalue weighted by Gasteiger charge is -1.98. The number of esters is 1. The van der Waals surface area contributed by atoms with Gasteiger partial charge in [-0.15, -0.1) is 22.7 Å². The summed E-state index contributed by atoms with van der Waals surface area (Å²) in [6.45, 7) is 3.83. The van der Waals surface area contributed by atoms with Gasteiger partial charge in [-0.1, -0.05) is 0 Å². The summed E-state index contributed by atoms with van der Waals surface area (Å²) in [5.41, 5.74) is 3.59. The molecule has 24 heavy (non-hydrogen) atoms. The highest BCUT2D eigenvalue weighted by Crippen LogP contribution is 2.22. The summed E-state index contributed by atoms with van der Waals surface area (Å²) in [6, 6.07) is 0. The predicted molar refractivity (Wildman–Crippen MR) is 95.1 cm³/mol. The van der Waals surface area contributed by atoms with E-state index >= 15 is 0 Å². The van der Waals surface area contributed by atoms with Gasteiger partial charge in [-0.3, -0.25) is 4.79 Å². The number of H-pyrrole nitrogens is 1. The Morgan fingerprint density at radius 2 is 2.00 bits per heavy atom. The van der Waals surface area contributed by atoms with Crippen molar-refractivity contribution in [3.8, 4) is 0 Å². The molecule has 0 amide bonds. The Morgan fingerprint density at radius 3 is 2.62 bits per heavy atom. The minimum atomic E-state index is -0.366. The second-order valence-electron chi connectivity index (χ2n) is 4.92. The van der Waals surface area contributed by atoms with Crippen LogP contribution in [-0.2, 0) is 16.0 Å². The number of nitrogens with one attached hydrogen (secondary N) is 1. The molecular formula is C16H16N2O4S2. The van der Waals surface area contributed by atoms with Crippen LogP contribution in [0.2, 0.25) is 0 Å². The number of methoxy groups -OCH3 is 1. The Morgan fingerprint density at radius 1 is 1.29 bits per heavy atom. The lowest BCUT2D eigenvalue weighted by Crippen LogP contribution is -2.03. The Kier molecular flexibility index (Phi) is 5.99. The third-order valence-corrected chi connectivity index (χ3v) is 5.51. The molecule has 126 valence electrons. The van der Waals surface area contributed by atoms with Crippen LogP contribution in [0.4, 0.5) is 0 Å². The molecule has 6 nitrogen and oxygen atoms in total. The fourth-order valence-corrected chi connectivity index (χ4v) is 3.95. The molecule has 3 aromatic rings. The van der Waals surface area contributed by atoms with Crippen molar-refractivity contribution >= 4 is 45.1 Å². The predicted octanol–water partition coefficient (Wildman–Crippen LogP) is 2.88. The monoisotopic (exact) mass is 364 g/mol. The lowest BCUT2D eigenvalue weighted by molar-refractivity contribution is -0.107. The summed E-state index contributed by atoms with van der Waals surface area (Å²) in [4.78, 5) is 39.8. The Hall–Kier alpha value is -2.32. The highest BCUT2D eigenvalue weighted by atomic mass is 32.1. The normalized spacial score (nSPS) is 10.1. The maximum atomic E-state index is 11.2. The van der Waals surface area contributed by atoms with Crippen LogP contribution in [0.15, 0.2) is 21.9 Å². The van der Waals surface area contributed by atoms with Gasteiger partial charge in [0.2, 0.25) is 0 Å². The number of aldehydes is 1. The number of ether oxygens (including phenoxy) is 1. The summed E-state index contributed by atoms with van der Waals surface area (Å²) < 4.78 is 5.31. The molecule has 0 spiro atoms. The zero-order valence-corrected chi connectivity index (χ0v) is 15.0. The van der Waals surface area contributed by atoms with Crippen LogP contribution < -0.4 is 5.56 Å². The molecule has 8 heteroatoms. The molecule has 0 saturated carbocycles. The van der Waals surface area contributed by atoms with E-state index in [1.54, 1.807) is 0 Å². The van der Waals surface area contributed by atoms with Gasteiger partial charge in [0, 0.05) is 6.42 Å². The smallest absolute Gasteiger partial charge is 0.348 e. The average Bonchev–Trinajstić information content (AvgIpc) is 3.13. The zero-order chi connectivity index (χ0) is 17.7. The van der Waals surface area contributed by atoms with Gasteiger partial charge in [0.25, 0.3) is 5.56 Å². The molecular weight excluding hydrogens is 348 g/mol. The quantitative estimate of drug-likeness (QED) is 0.570. The Labute approximate surface area is 146 Å². The molecule has 0 aromatic carbocycles. The average molecular weight is 364 g/mol. The standard InChI is InChI=1S/C9H10O3S.C7H6N2OS/c1-6-5-13-8(9(11)12-2)7(6)3-4-10;1-4-2-11-6-5(4)8-3-9-7(6)10/h4-5H,3H2,1-2H3;2-3H,1H3,(H,8,9,10). The van der Waals surface area contributed by atoms with E-state index < -0.39 is 0 Å². The summed E-state index contributed by atoms with van der Waals surface area (Å²) in [5, 5.41) is 3.79. The van der Waals surface area contributed by atoms with Crippen LogP contribution in [0.3, 0.4) is 0 Å². The number of rotatable bonds is 3. The molecule has 1 N–H and O–H groups in total. The second-order valence-corrected chi connectivity index (χ2v) is 6.68. The number of hydrogen-bond donors (Lipinski definition) is 1. The van der Waals surface area contributed by atoms with Crippen LogP contribution in [-0.4, -0.2) is 29.3 Å². The van der Waals surface area contributed by atoms with Crippen molar-refractivity contribution in [1.82, 2.24) is 9.97 Å². The number of aryl methyl sites for hydroxylation is 2. The van der Waals surface area contributed by atoms with Gasteiger partial charge in [0.15, 0.2) is 0 Å². The summed E-state index contributed by atoms with van der Waals surface area (Å²) in [5.74, 6) is -0.366. The number of carbonyl (C=O) groups is 2. The number of nitrogens with zero attached hydrogens (tertiary/aromatic N) is 1. The van der Waals surface area contributed by atoms with E-state index in [0.29, 0.717) is 9.58 Å². The number of hydrogen-bond acceptors (Lipinski definition) is 7. The molecule has 0 radical (unpaired) electrons. The Bertz CT molecular complexity index is 924. The Balaban J connectivity index is 0.000000175. The first-order chi connectivity index (χ1) is 11.5. The van der Waals surface area contributed by atoms with E-state index in [1.165, 1.54) is 36.1 Å². The first-order valence-corrected chi connectivity index (χ1v) is 8.75. The van der Waals surface area contributed by atoms with E-state index in [1.807, 2.05) is 24.6 Å². The molecule has 0 saturated heterocycles. The molecule has 0 aliphatic rings. The van der Waals surface area contributed by atoms with E-state index in [9.17, 15) is 14.4 Å². The summed E-state index contributed by atoms with van der Waals surface area (Å²) >= 11 is 2.75. The van der Waals surface area contributed by atoms with Gasteiger partial charge >= 0.3 is 5.97 Å². The highest BCUT2D eigenvalue weighted by molar-refractivity contribution is 7.17. The topological polar surface area (TPSA) is 89.1 Å². The molecule has 0 atom stereocenters. The van der Waals surface area contributed by atoms with Crippen LogP contribution in [0.5, 0.6) is 0 Å². The summed E-state index contributed by atoms with van der Waals surface area (Å²) in [6.07, 6.45) is 2.51. The maximum absolute atomic E-state index is 11.2. The van der Waals surface area contributed by atoms with E-state index in [-0.39, 0.29) is 17.9 Å². The molecule has 0 bridgehead atoms. The van der Waals surface area contributed by atoms with Crippen LogP contribution in [0.1, 0.15) is 26.4 Å². The molecule has 0 fully saturated rings. The number of aromatic nitrogens is 2. The van der Waals surface area contributed by atoms with Gasteiger partial charge < -0.3 is 14.5 Å². The fraction of sp³-hybridized carbons (Fsp3) is 0.250. The first kappa shape index (κ1) is 18.0. The van der Waals surface area contributed by atoms with Crippen molar-refractivity contribution in [1.29, 1.82) is 0 Å². The van der Waals surface area contributed by atoms with Crippen molar-refractivity contribution in [2.75, 3.05) is 7.11 Å². The zero-order valence-electron chi connectivity index (χ0n) is 13.4. The van der Waals surface area contributed by atoms with E-state index in [4.69, 9.17) is 0 Å². The van der Waals surface area contributed by atoms with Gasteiger partial charge in [-0.25, -0.2) is 9.78 Å². The number of thiophene rings is 2. The molecule has 0 aliphatic heterocycles.